The van der Waals surface area contributed by atoms with Crippen molar-refractivity contribution >= 4 is 17.7 Å². The van der Waals surface area contributed by atoms with E-state index in [1.807, 2.05) is 6.92 Å². The van der Waals surface area contributed by atoms with Gasteiger partial charge in [0.25, 0.3) is 0 Å². The van der Waals surface area contributed by atoms with E-state index < -0.39 is 11.4 Å². The number of hydrogen-bond acceptors (Lipinski definition) is 4. The van der Waals surface area contributed by atoms with Crippen LogP contribution in [0.5, 0.6) is 0 Å². The van der Waals surface area contributed by atoms with Crippen molar-refractivity contribution in [2.24, 2.45) is 17.6 Å². The molecule has 3 amide bonds. The summed E-state index contributed by atoms with van der Waals surface area (Å²) in [6, 6.07) is 0. The number of carbonyl (C=O) groups excluding carboxylic acids is 3. The molecule has 0 radical (unpaired) electrons. The molecule has 20 heavy (non-hydrogen) atoms. The summed E-state index contributed by atoms with van der Waals surface area (Å²) in [5.41, 5.74) is 4.67. The topological polar surface area (TPSA) is 92.5 Å². The number of fused-ring (bicyclic) bond motifs is 1. The summed E-state index contributed by atoms with van der Waals surface area (Å²) in [7, 11) is 0. The number of rotatable bonds is 8. The molecule has 1 saturated carbocycles. The predicted molar refractivity (Wildman–Crippen MR) is 73.4 cm³/mol. The van der Waals surface area contributed by atoms with Gasteiger partial charge in [0.15, 0.2) is 0 Å². The molecule has 0 aromatic rings. The minimum Gasteiger partial charge on any atom is -0.368 e. The Morgan fingerprint density at radius 1 is 1.40 bits per heavy atom. The second-order valence-corrected chi connectivity index (χ2v) is 6.00. The molecule has 6 heteroatoms. The highest BCUT2D eigenvalue weighted by atomic mass is 16.2. The molecular weight excluding hydrogens is 258 g/mol. The molecule has 1 heterocycles. The maximum Gasteiger partial charge on any atom is 0.237 e. The average molecular weight is 281 g/mol. The van der Waals surface area contributed by atoms with Crippen molar-refractivity contribution < 1.29 is 14.4 Å². The number of hydrogen-bond donors (Lipinski definition) is 2. The number of primary amides is 1. The number of carbonyl (C=O) groups is 3. The number of imide groups is 1. The number of nitrogens with one attached hydrogen (secondary N) is 1. The van der Waals surface area contributed by atoms with Crippen LogP contribution in [0.4, 0.5) is 0 Å². The summed E-state index contributed by atoms with van der Waals surface area (Å²) >= 11 is 0. The lowest BCUT2D eigenvalue weighted by Crippen LogP contribution is -2.53. The molecule has 2 rings (SSSR count). The first-order valence-corrected chi connectivity index (χ1v) is 7.31. The SMILES string of the molecule is CCCNC(C)(CCCN1C(=O)C2CC2C1=O)C(N)=O. The highest BCUT2D eigenvalue weighted by Gasteiger charge is 2.58. The Kier molecular flexibility index (Phi) is 4.13. The summed E-state index contributed by atoms with van der Waals surface area (Å²) in [4.78, 5) is 36.5. The van der Waals surface area contributed by atoms with Gasteiger partial charge in [-0.15, -0.1) is 0 Å². The number of nitrogens with two attached hydrogens (primary N) is 1. The van der Waals surface area contributed by atoms with Gasteiger partial charge in [0.2, 0.25) is 17.7 Å². The third kappa shape index (κ3) is 2.70. The van der Waals surface area contributed by atoms with Gasteiger partial charge in [0, 0.05) is 6.54 Å². The molecule has 3 unspecified atom stereocenters. The van der Waals surface area contributed by atoms with Gasteiger partial charge in [-0.2, -0.15) is 0 Å². The van der Waals surface area contributed by atoms with Gasteiger partial charge in [-0.3, -0.25) is 19.3 Å². The van der Waals surface area contributed by atoms with Crippen molar-refractivity contribution in [1.29, 1.82) is 0 Å². The molecule has 2 aliphatic rings. The van der Waals surface area contributed by atoms with Gasteiger partial charge >= 0.3 is 0 Å². The van der Waals surface area contributed by atoms with E-state index in [1.165, 1.54) is 4.90 Å². The van der Waals surface area contributed by atoms with Crippen LogP contribution < -0.4 is 11.1 Å². The molecule has 0 spiro atoms. The number of amides is 3. The smallest absolute Gasteiger partial charge is 0.237 e. The van der Waals surface area contributed by atoms with E-state index in [2.05, 4.69) is 5.32 Å². The van der Waals surface area contributed by atoms with Crippen LogP contribution in [0.3, 0.4) is 0 Å². The maximum atomic E-state index is 11.8. The van der Waals surface area contributed by atoms with Crippen LogP contribution in [0.25, 0.3) is 0 Å². The van der Waals surface area contributed by atoms with Gasteiger partial charge in [-0.05, 0) is 39.2 Å². The molecule has 6 nitrogen and oxygen atoms in total. The largest absolute Gasteiger partial charge is 0.368 e. The van der Waals surface area contributed by atoms with Crippen molar-refractivity contribution in [2.45, 2.75) is 45.1 Å². The van der Waals surface area contributed by atoms with Crippen molar-refractivity contribution in [1.82, 2.24) is 10.2 Å². The molecule has 2 fully saturated rings. The molecule has 0 bridgehead atoms. The first kappa shape index (κ1) is 15.0. The zero-order valence-corrected chi connectivity index (χ0v) is 12.1. The van der Waals surface area contributed by atoms with E-state index >= 15 is 0 Å². The summed E-state index contributed by atoms with van der Waals surface area (Å²) < 4.78 is 0. The fourth-order valence-electron chi connectivity index (χ4n) is 2.76. The Morgan fingerprint density at radius 3 is 2.50 bits per heavy atom. The van der Waals surface area contributed by atoms with Crippen molar-refractivity contribution in [3.05, 3.63) is 0 Å². The fourth-order valence-corrected chi connectivity index (χ4v) is 2.76. The fraction of sp³-hybridized carbons (Fsp3) is 0.786. The minimum atomic E-state index is -0.773. The lowest BCUT2D eigenvalue weighted by molar-refractivity contribution is -0.141. The lowest BCUT2D eigenvalue weighted by Gasteiger charge is -2.28. The van der Waals surface area contributed by atoms with Gasteiger partial charge < -0.3 is 11.1 Å². The zero-order chi connectivity index (χ0) is 14.9. The van der Waals surface area contributed by atoms with Crippen molar-refractivity contribution in [2.75, 3.05) is 13.1 Å². The number of piperidine rings is 1. The lowest BCUT2D eigenvalue weighted by atomic mass is 9.94. The Labute approximate surface area is 119 Å². The Hall–Kier alpha value is -1.43. The summed E-state index contributed by atoms with van der Waals surface area (Å²) in [5.74, 6) is -0.580. The summed E-state index contributed by atoms with van der Waals surface area (Å²) in [5, 5.41) is 3.15. The quantitative estimate of drug-likeness (QED) is 0.613. The van der Waals surface area contributed by atoms with Crippen molar-refractivity contribution in [3.8, 4) is 0 Å². The molecule has 0 aromatic heterocycles. The Balaban J connectivity index is 1.83. The highest BCUT2D eigenvalue weighted by molar-refractivity contribution is 6.08. The summed E-state index contributed by atoms with van der Waals surface area (Å²) in [6.07, 6.45) is 2.75. The Bertz CT molecular complexity index is 417. The van der Waals surface area contributed by atoms with Crippen LogP contribution in [0.2, 0.25) is 0 Å². The maximum absolute atomic E-state index is 11.8. The summed E-state index contributed by atoms with van der Waals surface area (Å²) in [6.45, 7) is 4.89. The van der Waals surface area contributed by atoms with Gasteiger partial charge in [-0.1, -0.05) is 6.92 Å². The minimum absolute atomic E-state index is 0.0395. The second kappa shape index (κ2) is 5.52. The predicted octanol–water partition coefficient (Wildman–Crippen LogP) is 0.0151. The highest BCUT2D eigenvalue weighted by Crippen LogP contribution is 2.46. The van der Waals surface area contributed by atoms with Gasteiger partial charge in [0.1, 0.15) is 0 Å². The normalized spacial score (nSPS) is 27.4. The van der Waals surface area contributed by atoms with Crippen molar-refractivity contribution in [3.63, 3.8) is 0 Å². The molecule has 3 N–H and O–H groups in total. The van der Waals surface area contributed by atoms with E-state index in [0.29, 0.717) is 25.9 Å². The number of nitrogens with zero attached hydrogens (tertiary/aromatic N) is 1. The molecule has 1 aliphatic carbocycles. The van der Waals surface area contributed by atoms with E-state index in [0.717, 1.165) is 12.8 Å². The van der Waals surface area contributed by atoms with E-state index in [-0.39, 0.29) is 23.7 Å². The molecule has 1 saturated heterocycles. The van der Waals surface area contributed by atoms with Gasteiger partial charge in [-0.25, -0.2) is 0 Å². The average Bonchev–Trinajstić information content (AvgIpc) is 3.15. The van der Waals surface area contributed by atoms with Crippen LogP contribution >= 0.6 is 0 Å². The first-order chi connectivity index (χ1) is 9.40. The van der Waals surface area contributed by atoms with Gasteiger partial charge in [0.05, 0.1) is 17.4 Å². The van der Waals surface area contributed by atoms with E-state index in [9.17, 15) is 14.4 Å². The molecule has 0 aromatic carbocycles. The second-order valence-electron chi connectivity index (χ2n) is 6.00. The van der Waals surface area contributed by atoms with Crippen LogP contribution in [-0.2, 0) is 14.4 Å². The van der Waals surface area contributed by atoms with Crippen LogP contribution in [0.1, 0.15) is 39.5 Å². The van der Waals surface area contributed by atoms with Crippen LogP contribution in [0, 0.1) is 11.8 Å². The third-order valence-corrected chi connectivity index (χ3v) is 4.32. The van der Waals surface area contributed by atoms with Crippen LogP contribution in [-0.4, -0.2) is 41.2 Å². The molecule has 1 aliphatic heterocycles. The molecule has 3 atom stereocenters. The number of likely N-dealkylation sites (tertiary alicyclic amines) is 1. The zero-order valence-electron chi connectivity index (χ0n) is 12.1. The third-order valence-electron chi connectivity index (χ3n) is 4.32. The Morgan fingerprint density at radius 2 is 2.00 bits per heavy atom. The first-order valence-electron chi connectivity index (χ1n) is 7.31. The van der Waals surface area contributed by atoms with E-state index in [4.69, 9.17) is 5.73 Å². The molecule has 112 valence electrons. The molecular formula is C14H23N3O3. The standard InChI is InChI=1S/C14H23N3O3/c1-3-6-16-14(2,13(15)20)5-4-7-17-11(18)9-8-10(9)12(17)19/h9-10,16H,3-8H2,1-2H3,(H2,15,20). The van der Waals surface area contributed by atoms with E-state index in [1.54, 1.807) is 6.92 Å². The monoisotopic (exact) mass is 281 g/mol. The van der Waals surface area contributed by atoms with Crippen LogP contribution in [0.15, 0.2) is 0 Å².